The second-order valence-electron chi connectivity index (χ2n) is 4.94. The maximum absolute atomic E-state index is 11.6. The summed E-state index contributed by atoms with van der Waals surface area (Å²) in [6.07, 6.45) is 0.127. The van der Waals surface area contributed by atoms with Crippen molar-refractivity contribution in [3.05, 3.63) is 54.1 Å². The van der Waals surface area contributed by atoms with Crippen molar-refractivity contribution in [1.29, 1.82) is 0 Å². The Balaban J connectivity index is 2.30. The van der Waals surface area contributed by atoms with Gasteiger partial charge in [0.15, 0.2) is 0 Å². The van der Waals surface area contributed by atoms with Gasteiger partial charge in [-0.2, -0.15) is 0 Å². The van der Waals surface area contributed by atoms with Crippen LogP contribution in [0.25, 0.3) is 11.1 Å². The van der Waals surface area contributed by atoms with Crippen molar-refractivity contribution in [3.63, 3.8) is 0 Å². The van der Waals surface area contributed by atoms with Crippen molar-refractivity contribution >= 4 is 5.97 Å². The molecule has 1 unspecified atom stereocenters. The Hall–Kier alpha value is -2.33. The number of hydrogen-bond donors (Lipinski definition) is 1. The van der Waals surface area contributed by atoms with Gasteiger partial charge in [-0.05, 0) is 30.2 Å². The lowest BCUT2D eigenvalue weighted by atomic mass is 9.97. The molecule has 0 spiro atoms. The van der Waals surface area contributed by atoms with Crippen LogP contribution in [0.5, 0.6) is 5.75 Å². The van der Waals surface area contributed by atoms with E-state index in [0.29, 0.717) is 12.4 Å². The third-order valence-electron chi connectivity index (χ3n) is 3.43. The zero-order valence-electron chi connectivity index (χ0n) is 12.9. The summed E-state index contributed by atoms with van der Waals surface area (Å²) in [6.45, 7) is 2.13. The number of hydrogen-bond acceptors (Lipinski definition) is 4. The fraction of sp³-hybridized carbons (Fsp3) is 0.278. The molecule has 0 aliphatic heterocycles. The van der Waals surface area contributed by atoms with Crippen molar-refractivity contribution in [2.75, 3.05) is 13.7 Å². The number of ether oxygens (including phenoxy) is 2. The van der Waals surface area contributed by atoms with E-state index in [0.717, 1.165) is 16.7 Å². The van der Waals surface area contributed by atoms with Crippen LogP contribution in [0.1, 0.15) is 24.9 Å². The van der Waals surface area contributed by atoms with E-state index in [2.05, 4.69) is 0 Å². The maximum Gasteiger partial charge on any atom is 0.307 e. The van der Waals surface area contributed by atoms with Crippen LogP contribution in [-0.2, 0) is 9.53 Å². The molecule has 0 aliphatic rings. The van der Waals surface area contributed by atoms with Gasteiger partial charge in [0.25, 0.3) is 0 Å². The summed E-state index contributed by atoms with van der Waals surface area (Å²) >= 11 is 0. The summed E-state index contributed by atoms with van der Waals surface area (Å²) < 4.78 is 10.3. The van der Waals surface area contributed by atoms with Crippen LogP contribution in [0.4, 0.5) is 0 Å². The van der Waals surface area contributed by atoms with Crippen molar-refractivity contribution < 1.29 is 14.3 Å². The van der Waals surface area contributed by atoms with Gasteiger partial charge in [-0.25, -0.2) is 0 Å². The van der Waals surface area contributed by atoms with E-state index in [1.807, 2.05) is 48.5 Å². The molecule has 0 bridgehead atoms. The highest BCUT2D eigenvalue weighted by molar-refractivity contribution is 5.71. The highest BCUT2D eigenvalue weighted by atomic mass is 16.5. The first-order valence-corrected chi connectivity index (χ1v) is 7.30. The molecule has 1 atom stereocenters. The smallest absolute Gasteiger partial charge is 0.307 e. The van der Waals surface area contributed by atoms with Crippen LogP contribution >= 0.6 is 0 Å². The number of carbonyl (C=O) groups is 1. The number of rotatable bonds is 6. The second kappa shape index (κ2) is 7.61. The van der Waals surface area contributed by atoms with Crippen LogP contribution in [0.15, 0.2) is 48.5 Å². The van der Waals surface area contributed by atoms with Crippen LogP contribution in [0.2, 0.25) is 0 Å². The van der Waals surface area contributed by atoms with Gasteiger partial charge in [-0.1, -0.05) is 36.4 Å². The standard InChI is InChI=1S/C18H21NO3/c1-3-22-18(20)12-16(19)15-11-14(9-10-17(15)21-2)13-7-5-4-6-8-13/h4-11,16H,3,12,19H2,1-2H3. The first-order chi connectivity index (χ1) is 10.7. The van der Waals surface area contributed by atoms with Gasteiger partial charge in [-0.15, -0.1) is 0 Å². The topological polar surface area (TPSA) is 61.5 Å². The average molecular weight is 299 g/mol. The normalized spacial score (nSPS) is 11.8. The van der Waals surface area contributed by atoms with E-state index in [9.17, 15) is 4.79 Å². The molecular weight excluding hydrogens is 278 g/mol. The van der Waals surface area contributed by atoms with Crippen LogP contribution in [0, 0.1) is 0 Å². The molecule has 22 heavy (non-hydrogen) atoms. The molecule has 0 amide bonds. The maximum atomic E-state index is 11.6. The van der Waals surface area contributed by atoms with E-state index >= 15 is 0 Å². The zero-order valence-corrected chi connectivity index (χ0v) is 12.9. The lowest BCUT2D eigenvalue weighted by molar-refractivity contribution is -0.143. The summed E-state index contributed by atoms with van der Waals surface area (Å²) in [7, 11) is 1.60. The Morgan fingerprint density at radius 1 is 1.14 bits per heavy atom. The predicted octanol–water partition coefficient (Wildman–Crippen LogP) is 3.32. The molecule has 0 aromatic heterocycles. The number of esters is 1. The van der Waals surface area contributed by atoms with E-state index in [1.165, 1.54) is 0 Å². The van der Waals surface area contributed by atoms with Gasteiger partial charge in [0.1, 0.15) is 5.75 Å². The lowest BCUT2D eigenvalue weighted by Gasteiger charge is -2.16. The predicted molar refractivity (Wildman–Crippen MR) is 86.6 cm³/mol. The summed E-state index contributed by atoms with van der Waals surface area (Å²) in [5.74, 6) is 0.374. The third-order valence-corrected chi connectivity index (χ3v) is 3.43. The Bertz CT molecular complexity index is 625. The minimum absolute atomic E-state index is 0.127. The number of benzene rings is 2. The molecule has 4 nitrogen and oxygen atoms in total. The van der Waals surface area contributed by atoms with Crippen LogP contribution in [-0.4, -0.2) is 19.7 Å². The van der Waals surface area contributed by atoms with E-state index in [-0.39, 0.29) is 12.4 Å². The zero-order chi connectivity index (χ0) is 15.9. The highest BCUT2D eigenvalue weighted by Crippen LogP contribution is 2.31. The molecule has 116 valence electrons. The molecule has 2 N–H and O–H groups in total. The monoisotopic (exact) mass is 299 g/mol. The van der Waals surface area contributed by atoms with Gasteiger partial charge in [-0.3, -0.25) is 4.79 Å². The Morgan fingerprint density at radius 3 is 2.50 bits per heavy atom. The third kappa shape index (κ3) is 3.86. The van der Waals surface area contributed by atoms with Gasteiger partial charge >= 0.3 is 5.97 Å². The van der Waals surface area contributed by atoms with Gasteiger partial charge in [0.05, 0.1) is 20.1 Å². The largest absolute Gasteiger partial charge is 0.496 e. The summed E-state index contributed by atoms with van der Waals surface area (Å²) in [5.41, 5.74) is 9.10. The second-order valence-corrected chi connectivity index (χ2v) is 4.94. The molecule has 4 heteroatoms. The minimum Gasteiger partial charge on any atom is -0.496 e. The summed E-state index contributed by atoms with van der Waals surface area (Å²) in [5, 5.41) is 0. The number of carbonyl (C=O) groups excluding carboxylic acids is 1. The van der Waals surface area contributed by atoms with Crippen molar-refractivity contribution in [2.45, 2.75) is 19.4 Å². The molecule has 0 radical (unpaired) electrons. The average Bonchev–Trinajstić information content (AvgIpc) is 2.55. The van der Waals surface area contributed by atoms with Gasteiger partial charge in [0, 0.05) is 11.6 Å². The quantitative estimate of drug-likeness (QED) is 0.831. The summed E-state index contributed by atoms with van der Waals surface area (Å²) in [6, 6.07) is 15.4. The molecule has 0 heterocycles. The number of nitrogens with two attached hydrogens (primary N) is 1. The fourth-order valence-corrected chi connectivity index (χ4v) is 2.34. The van der Waals surface area contributed by atoms with Crippen LogP contribution in [0.3, 0.4) is 0 Å². The Morgan fingerprint density at radius 2 is 1.86 bits per heavy atom. The lowest BCUT2D eigenvalue weighted by Crippen LogP contribution is -2.18. The fourth-order valence-electron chi connectivity index (χ4n) is 2.34. The molecule has 2 rings (SSSR count). The SMILES string of the molecule is CCOC(=O)CC(N)c1cc(-c2ccccc2)ccc1OC. The van der Waals surface area contributed by atoms with Crippen molar-refractivity contribution in [3.8, 4) is 16.9 Å². The van der Waals surface area contributed by atoms with Crippen LogP contribution < -0.4 is 10.5 Å². The number of methoxy groups -OCH3 is 1. The highest BCUT2D eigenvalue weighted by Gasteiger charge is 2.17. The Labute approximate surface area is 130 Å². The minimum atomic E-state index is -0.460. The molecule has 0 fully saturated rings. The first kappa shape index (κ1) is 16.0. The van der Waals surface area contributed by atoms with Gasteiger partial charge in [0.2, 0.25) is 0 Å². The van der Waals surface area contributed by atoms with E-state index in [4.69, 9.17) is 15.2 Å². The molecular formula is C18H21NO3. The van der Waals surface area contributed by atoms with Gasteiger partial charge < -0.3 is 15.2 Å². The van der Waals surface area contributed by atoms with E-state index < -0.39 is 6.04 Å². The van der Waals surface area contributed by atoms with Crippen molar-refractivity contribution in [1.82, 2.24) is 0 Å². The molecule has 2 aromatic rings. The molecule has 2 aromatic carbocycles. The Kier molecular flexibility index (Phi) is 5.55. The molecule has 0 aliphatic carbocycles. The van der Waals surface area contributed by atoms with E-state index in [1.54, 1.807) is 14.0 Å². The first-order valence-electron chi connectivity index (χ1n) is 7.30. The van der Waals surface area contributed by atoms with Crippen molar-refractivity contribution in [2.24, 2.45) is 5.73 Å². The summed E-state index contributed by atoms with van der Waals surface area (Å²) in [4.78, 5) is 11.6. The molecule has 0 saturated heterocycles. The molecule has 0 saturated carbocycles.